The van der Waals surface area contributed by atoms with Gasteiger partial charge in [-0.2, -0.15) is 13.2 Å². The molecule has 1 heterocycles. The Morgan fingerprint density at radius 2 is 2.12 bits per heavy atom. The molecule has 0 saturated heterocycles. The SMILES string of the molecule is CCSc1cc(C(F)(F)F)nnc1OC(C)=O. The lowest BCUT2D eigenvalue weighted by molar-refractivity contribution is -0.142. The molecule has 0 aromatic carbocycles. The summed E-state index contributed by atoms with van der Waals surface area (Å²) in [4.78, 5) is 10.9. The van der Waals surface area contributed by atoms with Crippen LogP contribution in [-0.4, -0.2) is 21.9 Å². The molecule has 0 N–H and O–H groups in total. The molecule has 0 spiro atoms. The van der Waals surface area contributed by atoms with Crippen LogP contribution in [0.3, 0.4) is 0 Å². The van der Waals surface area contributed by atoms with Gasteiger partial charge in [-0.15, -0.1) is 22.0 Å². The third-order valence-corrected chi connectivity index (χ3v) is 2.45. The van der Waals surface area contributed by atoms with E-state index in [0.29, 0.717) is 5.75 Å². The Kier molecular flexibility index (Phi) is 4.33. The second-order valence-corrected chi connectivity index (χ2v) is 4.23. The average molecular weight is 266 g/mol. The van der Waals surface area contributed by atoms with E-state index in [9.17, 15) is 18.0 Å². The predicted molar refractivity (Wildman–Crippen MR) is 54.7 cm³/mol. The van der Waals surface area contributed by atoms with E-state index < -0.39 is 17.8 Å². The first-order valence-corrected chi connectivity index (χ1v) is 5.59. The van der Waals surface area contributed by atoms with E-state index in [4.69, 9.17) is 0 Å². The molecule has 17 heavy (non-hydrogen) atoms. The number of nitrogens with zero attached hydrogens (tertiary/aromatic N) is 2. The minimum absolute atomic E-state index is 0.144. The zero-order valence-electron chi connectivity index (χ0n) is 9.04. The van der Waals surface area contributed by atoms with Gasteiger partial charge in [0.2, 0.25) is 0 Å². The van der Waals surface area contributed by atoms with Crippen molar-refractivity contribution in [1.82, 2.24) is 10.2 Å². The molecule has 0 amide bonds. The van der Waals surface area contributed by atoms with Crippen molar-refractivity contribution in [3.05, 3.63) is 11.8 Å². The van der Waals surface area contributed by atoms with Crippen molar-refractivity contribution in [2.24, 2.45) is 0 Å². The van der Waals surface area contributed by atoms with Crippen molar-refractivity contribution in [1.29, 1.82) is 0 Å². The van der Waals surface area contributed by atoms with E-state index in [1.807, 2.05) is 0 Å². The number of hydrogen-bond donors (Lipinski definition) is 0. The van der Waals surface area contributed by atoms with Gasteiger partial charge in [-0.25, -0.2) is 0 Å². The second-order valence-electron chi connectivity index (χ2n) is 2.92. The number of thioether (sulfide) groups is 1. The van der Waals surface area contributed by atoms with Crippen LogP contribution >= 0.6 is 11.8 Å². The van der Waals surface area contributed by atoms with Crippen LogP contribution in [0.4, 0.5) is 13.2 Å². The number of alkyl halides is 3. The standard InChI is InChI=1S/C9H9F3N2O2S/c1-3-17-6-4-7(9(10,11)12)13-14-8(6)16-5(2)15/h4H,3H2,1-2H3. The minimum Gasteiger partial charge on any atom is -0.405 e. The van der Waals surface area contributed by atoms with Crippen LogP contribution < -0.4 is 4.74 Å². The zero-order chi connectivity index (χ0) is 13.1. The molecule has 0 bridgehead atoms. The molecule has 1 aromatic rings. The lowest BCUT2D eigenvalue weighted by Gasteiger charge is -2.09. The second kappa shape index (κ2) is 5.35. The molecule has 0 radical (unpaired) electrons. The fourth-order valence-electron chi connectivity index (χ4n) is 0.968. The fourth-order valence-corrected chi connectivity index (χ4v) is 1.68. The average Bonchev–Trinajstić information content (AvgIpc) is 2.18. The van der Waals surface area contributed by atoms with Crippen molar-refractivity contribution in [2.45, 2.75) is 24.9 Å². The minimum atomic E-state index is -4.56. The third kappa shape index (κ3) is 3.88. The first-order chi connectivity index (χ1) is 7.84. The molecular weight excluding hydrogens is 257 g/mol. The van der Waals surface area contributed by atoms with Crippen molar-refractivity contribution in [3.8, 4) is 5.88 Å². The largest absolute Gasteiger partial charge is 0.435 e. The van der Waals surface area contributed by atoms with E-state index in [2.05, 4.69) is 14.9 Å². The molecule has 0 aliphatic heterocycles. The molecule has 0 aliphatic rings. The van der Waals surface area contributed by atoms with Gasteiger partial charge < -0.3 is 4.74 Å². The van der Waals surface area contributed by atoms with Crippen molar-refractivity contribution in [2.75, 3.05) is 5.75 Å². The summed E-state index contributed by atoms with van der Waals surface area (Å²) in [6.45, 7) is 2.90. The highest BCUT2D eigenvalue weighted by Gasteiger charge is 2.34. The molecule has 4 nitrogen and oxygen atoms in total. The van der Waals surface area contributed by atoms with Gasteiger partial charge in [0, 0.05) is 6.92 Å². The Balaban J connectivity index is 3.12. The van der Waals surface area contributed by atoms with E-state index >= 15 is 0 Å². The van der Waals surface area contributed by atoms with Gasteiger partial charge >= 0.3 is 12.1 Å². The zero-order valence-corrected chi connectivity index (χ0v) is 9.85. The first kappa shape index (κ1) is 13.8. The number of esters is 1. The molecule has 8 heteroatoms. The van der Waals surface area contributed by atoms with Crippen LogP contribution in [0.1, 0.15) is 19.5 Å². The van der Waals surface area contributed by atoms with Crippen LogP contribution in [0, 0.1) is 0 Å². The van der Waals surface area contributed by atoms with Crippen molar-refractivity contribution >= 4 is 17.7 Å². The molecule has 1 rings (SSSR count). The number of hydrogen-bond acceptors (Lipinski definition) is 5. The Morgan fingerprint density at radius 3 is 2.59 bits per heavy atom. The highest BCUT2D eigenvalue weighted by molar-refractivity contribution is 7.99. The highest BCUT2D eigenvalue weighted by Crippen LogP contribution is 2.33. The number of ether oxygens (including phenoxy) is 1. The molecule has 0 atom stereocenters. The van der Waals surface area contributed by atoms with E-state index in [-0.39, 0.29) is 10.8 Å². The fraction of sp³-hybridized carbons (Fsp3) is 0.444. The smallest absolute Gasteiger partial charge is 0.405 e. The van der Waals surface area contributed by atoms with Gasteiger partial charge in [0.25, 0.3) is 5.88 Å². The number of carbonyl (C=O) groups is 1. The highest BCUT2D eigenvalue weighted by atomic mass is 32.2. The summed E-state index contributed by atoms with van der Waals surface area (Å²) >= 11 is 1.09. The predicted octanol–water partition coefficient (Wildman–Crippen LogP) is 2.53. The topological polar surface area (TPSA) is 52.1 Å². The monoisotopic (exact) mass is 266 g/mol. The maximum absolute atomic E-state index is 12.4. The van der Waals surface area contributed by atoms with Crippen LogP contribution in [0.15, 0.2) is 11.0 Å². The summed E-state index contributed by atoms with van der Waals surface area (Å²) < 4.78 is 41.8. The molecular formula is C9H9F3N2O2S. The van der Waals surface area contributed by atoms with E-state index in [0.717, 1.165) is 24.8 Å². The lowest BCUT2D eigenvalue weighted by atomic mass is 10.4. The van der Waals surface area contributed by atoms with Crippen LogP contribution in [0.2, 0.25) is 0 Å². The summed E-state index contributed by atoms with van der Waals surface area (Å²) in [6, 6.07) is 0.819. The van der Waals surface area contributed by atoms with Crippen LogP contribution in [0.25, 0.3) is 0 Å². The van der Waals surface area contributed by atoms with Crippen LogP contribution in [0.5, 0.6) is 5.88 Å². The molecule has 0 saturated carbocycles. The van der Waals surface area contributed by atoms with E-state index in [1.54, 1.807) is 6.92 Å². The summed E-state index contributed by atoms with van der Waals surface area (Å²) in [7, 11) is 0. The van der Waals surface area contributed by atoms with Gasteiger partial charge in [0.05, 0.1) is 4.90 Å². The van der Waals surface area contributed by atoms with Gasteiger partial charge in [0.15, 0.2) is 5.69 Å². The van der Waals surface area contributed by atoms with Gasteiger partial charge in [-0.1, -0.05) is 6.92 Å². The number of carbonyl (C=O) groups excluding carboxylic acids is 1. The molecule has 94 valence electrons. The maximum atomic E-state index is 12.4. The number of aromatic nitrogens is 2. The maximum Gasteiger partial charge on any atom is 0.435 e. The van der Waals surface area contributed by atoms with Crippen LogP contribution in [-0.2, 0) is 11.0 Å². The van der Waals surface area contributed by atoms with Crippen molar-refractivity contribution in [3.63, 3.8) is 0 Å². The Morgan fingerprint density at radius 1 is 1.47 bits per heavy atom. The lowest BCUT2D eigenvalue weighted by Crippen LogP contribution is -2.12. The number of rotatable bonds is 3. The van der Waals surface area contributed by atoms with Gasteiger partial charge in [-0.3, -0.25) is 4.79 Å². The van der Waals surface area contributed by atoms with Gasteiger partial charge in [-0.05, 0) is 11.8 Å². The molecule has 1 aromatic heterocycles. The molecule has 0 unspecified atom stereocenters. The summed E-state index contributed by atoms with van der Waals surface area (Å²) in [5.41, 5.74) is -1.11. The summed E-state index contributed by atoms with van der Waals surface area (Å²) in [6.07, 6.45) is -4.56. The summed E-state index contributed by atoms with van der Waals surface area (Å²) in [5.74, 6) is -0.327. The Hall–Kier alpha value is -1.31. The first-order valence-electron chi connectivity index (χ1n) is 4.60. The summed E-state index contributed by atoms with van der Waals surface area (Å²) in [5, 5.41) is 6.25. The quantitative estimate of drug-likeness (QED) is 0.621. The molecule has 0 aliphatic carbocycles. The Bertz CT molecular complexity index is 423. The van der Waals surface area contributed by atoms with Gasteiger partial charge in [0.1, 0.15) is 0 Å². The number of halogens is 3. The normalized spacial score (nSPS) is 11.4. The third-order valence-electron chi connectivity index (χ3n) is 1.56. The van der Waals surface area contributed by atoms with Crippen molar-refractivity contribution < 1.29 is 22.7 Å². The van der Waals surface area contributed by atoms with E-state index in [1.165, 1.54) is 0 Å². The molecule has 0 fully saturated rings. The Labute approximate surface area is 99.6 Å².